The molecule has 6 nitrogen and oxygen atoms in total. The van der Waals surface area contributed by atoms with Crippen LogP contribution in [-0.2, 0) is 14.3 Å². The second-order valence-electron chi connectivity index (χ2n) is 5.51. The average molecular weight is 322 g/mol. The maximum absolute atomic E-state index is 12.0. The van der Waals surface area contributed by atoms with Crippen molar-refractivity contribution in [2.45, 2.75) is 25.4 Å². The molecule has 1 atom stereocenters. The lowest BCUT2D eigenvalue weighted by Crippen LogP contribution is -2.29. The van der Waals surface area contributed by atoms with Gasteiger partial charge in [0.15, 0.2) is 0 Å². The zero-order chi connectivity index (χ0) is 16.3. The largest absolute Gasteiger partial charge is 0.489 e. The number of rotatable bonds is 10. The number of methoxy groups -OCH3 is 1. The normalized spacial score (nSPS) is 17.2. The molecule has 1 unspecified atom stereocenters. The summed E-state index contributed by atoms with van der Waals surface area (Å²) in [6.07, 6.45) is 3.15. The van der Waals surface area contributed by atoms with Crippen LogP contribution in [-0.4, -0.2) is 52.0 Å². The SMILES string of the molecule is COCCCNCC(=O)Nc1ccccc1OCC1CCCO1. The van der Waals surface area contributed by atoms with Crippen LogP contribution in [0.3, 0.4) is 0 Å². The Morgan fingerprint density at radius 2 is 2.26 bits per heavy atom. The van der Waals surface area contributed by atoms with E-state index in [9.17, 15) is 4.79 Å². The molecule has 0 saturated carbocycles. The third kappa shape index (κ3) is 6.56. The third-order valence-corrected chi connectivity index (χ3v) is 3.60. The van der Waals surface area contributed by atoms with Gasteiger partial charge in [-0.15, -0.1) is 0 Å². The van der Waals surface area contributed by atoms with Crippen molar-refractivity contribution in [1.29, 1.82) is 0 Å². The summed E-state index contributed by atoms with van der Waals surface area (Å²) >= 11 is 0. The van der Waals surface area contributed by atoms with Gasteiger partial charge in [0.05, 0.1) is 18.3 Å². The highest BCUT2D eigenvalue weighted by atomic mass is 16.5. The Morgan fingerprint density at radius 1 is 1.39 bits per heavy atom. The fraction of sp³-hybridized carbons (Fsp3) is 0.588. The van der Waals surface area contributed by atoms with Gasteiger partial charge in [-0.1, -0.05) is 12.1 Å². The van der Waals surface area contributed by atoms with E-state index in [0.717, 1.165) is 32.4 Å². The molecular formula is C17H26N2O4. The van der Waals surface area contributed by atoms with Crippen molar-refractivity contribution in [3.63, 3.8) is 0 Å². The smallest absolute Gasteiger partial charge is 0.238 e. The van der Waals surface area contributed by atoms with Gasteiger partial charge >= 0.3 is 0 Å². The number of hydrogen-bond acceptors (Lipinski definition) is 5. The van der Waals surface area contributed by atoms with E-state index in [-0.39, 0.29) is 18.6 Å². The minimum atomic E-state index is -0.0874. The summed E-state index contributed by atoms with van der Waals surface area (Å²) in [5, 5.41) is 5.96. The molecule has 2 rings (SSSR count). The summed E-state index contributed by atoms with van der Waals surface area (Å²) in [7, 11) is 1.67. The maximum Gasteiger partial charge on any atom is 0.238 e. The summed E-state index contributed by atoms with van der Waals surface area (Å²) in [5.74, 6) is 0.589. The summed E-state index contributed by atoms with van der Waals surface area (Å²) in [6, 6.07) is 7.47. The number of hydrogen-bond donors (Lipinski definition) is 2. The van der Waals surface area contributed by atoms with Gasteiger partial charge in [-0.05, 0) is 37.9 Å². The molecule has 0 aliphatic carbocycles. The minimum Gasteiger partial charge on any atom is -0.489 e. The fourth-order valence-corrected chi connectivity index (χ4v) is 2.39. The first-order valence-corrected chi connectivity index (χ1v) is 8.12. The highest BCUT2D eigenvalue weighted by Gasteiger charge is 2.17. The van der Waals surface area contributed by atoms with Crippen LogP contribution in [0, 0.1) is 0 Å². The van der Waals surface area contributed by atoms with Crippen LogP contribution in [0.5, 0.6) is 5.75 Å². The first-order chi connectivity index (χ1) is 11.3. The van der Waals surface area contributed by atoms with E-state index >= 15 is 0 Å². The van der Waals surface area contributed by atoms with Gasteiger partial charge in [0.25, 0.3) is 0 Å². The topological polar surface area (TPSA) is 68.8 Å². The number of ether oxygens (including phenoxy) is 3. The summed E-state index contributed by atoms with van der Waals surface area (Å²) in [4.78, 5) is 12.0. The average Bonchev–Trinajstić information content (AvgIpc) is 3.07. The first-order valence-electron chi connectivity index (χ1n) is 8.12. The summed E-state index contributed by atoms with van der Waals surface area (Å²) < 4.78 is 16.3. The molecule has 128 valence electrons. The van der Waals surface area contributed by atoms with E-state index in [1.165, 1.54) is 0 Å². The van der Waals surface area contributed by atoms with Crippen molar-refractivity contribution in [3.05, 3.63) is 24.3 Å². The Labute approximate surface area is 137 Å². The highest BCUT2D eigenvalue weighted by Crippen LogP contribution is 2.24. The van der Waals surface area contributed by atoms with Crippen molar-refractivity contribution in [2.75, 3.05) is 45.3 Å². The predicted molar refractivity (Wildman–Crippen MR) is 88.9 cm³/mol. The van der Waals surface area contributed by atoms with Crippen molar-refractivity contribution < 1.29 is 19.0 Å². The number of para-hydroxylation sites is 2. The second kappa shape index (κ2) is 10.2. The fourth-order valence-electron chi connectivity index (χ4n) is 2.39. The van der Waals surface area contributed by atoms with Gasteiger partial charge in [-0.25, -0.2) is 0 Å². The van der Waals surface area contributed by atoms with Crippen molar-refractivity contribution in [2.24, 2.45) is 0 Å². The molecule has 6 heteroatoms. The Bertz CT molecular complexity index is 475. The minimum absolute atomic E-state index is 0.0874. The standard InChI is InChI=1S/C17H26N2O4/c1-21-10-5-9-18-12-17(20)19-15-7-2-3-8-16(15)23-13-14-6-4-11-22-14/h2-3,7-8,14,18H,4-6,9-13H2,1H3,(H,19,20). The van der Waals surface area contributed by atoms with Gasteiger partial charge in [0.1, 0.15) is 12.4 Å². The lowest BCUT2D eigenvalue weighted by atomic mass is 10.2. The molecule has 1 aromatic rings. The molecule has 0 radical (unpaired) electrons. The number of amides is 1. The molecule has 1 heterocycles. The van der Waals surface area contributed by atoms with Crippen molar-refractivity contribution in [3.8, 4) is 5.75 Å². The lowest BCUT2D eigenvalue weighted by molar-refractivity contribution is -0.115. The van der Waals surface area contributed by atoms with E-state index in [1.807, 2.05) is 24.3 Å². The molecule has 0 aromatic heterocycles. The zero-order valence-electron chi connectivity index (χ0n) is 13.7. The van der Waals surface area contributed by atoms with Crippen LogP contribution in [0.1, 0.15) is 19.3 Å². The quantitative estimate of drug-likeness (QED) is 0.643. The Morgan fingerprint density at radius 3 is 3.04 bits per heavy atom. The third-order valence-electron chi connectivity index (χ3n) is 3.60. The van der Waals surface area contributed by atoms with E-state index in [1.54, 1.807) is 7.11 Å². The Hall–Kier alpha value is -1.63. The summed E-state index contributed by atoms with van der Waals surface area (Å²) in [5.41, 5.74) is 0.689. The molecule has 1 aliphatic rings. The number of benzene rings is 1. The molecule has 1 amide bonds. The van der Waals surface area contributed by atoms with Gasteiger partial charge < -0.3 is 24.8 Å². The molecule has 1 aromatic carbocycles. The highest BCUT2D eigenvalue weighted by molar-refractivity contribution is 5.93. The predicted octanol–water partition coefficient (Wildman–Crippen LogP) is 1.81. The molecule has 23 heavy (non-hydrogen) atoms. The second-order valence-corrected chi connectivity index (χ2v) is 5.51. The van der Waals surface area contributed by atoms with Crippen LogP contribution >= 0.6 is 0 Å². The van der Waals surface area contributed by atoms with E-state index in [0.29, 0.717) is 24.7 Å². The monoisotopic (exact) mass is 322 g/mol. The number of anilines is 1. The van der Waals surface area contributed by atoms with E-state index < -0.39 is 0 Å². The van der Waals surface area contributed by atoms with Crippen LogP contribution in [0.15, 0.2) is 24.3 Å². The van der Waals surface area contributed by atoms with Crippen LogP contribution in [0.4, 0.5) is 5.69 Å². The molecule has 0 bridgehead atoms. The first kappa shape index (κ1) is 17.7. The van der Waals surface area contributed by atoms with Crippen LogP contribution < -0.4 is 15.4 Å². The maximum atomic E-state index is 12.0. The molecule has 1 saturated heterocycles. The number of carbonyl (C=O) groups is 1. The molecular weight excluding hydrogens is 296 g/mol. The van der Waals surface area contributed by atoms with Gasteiger partial charge in [-0.2, -0.15) is 0 Å². The van der Waals surface area contributed by atoms with Gasteiger partial charge in [0, 0.05) is 20.3 Å². The number of carbonyl (C=O) groups excluding carboxylic acids is 1. The summed E-state index contributed by atoms with van der Waals surface area (Å²) in [6.45, 7) is 3.03. The Kier molecular flexibility index (Phi) is 7.86. The van der Waals surface area contributed by atoms with Crippen molar-refractivity contribution in [1.82, 2.24) is 5.32 Å². The van der Waals surface area contributed by atoms with Gasteiger partial charge in [0.2, 0.25) is 5.91 Å². The van der Waals surface area contributed by atoms with Crippen LogP contribution in [0.25, 0.3) is 0 Å². The molecule has 1 fully saturated rings. The molecule has 2 N–H and O–H groups in total. The van der Waals surface area contributed by atoms with E-state index in [2.05, 4.69) is 10.6 Å². The lowest BCUT2D eigenvalue weighted by Gasteiger charge is -2.15. The molecule has 0 spiro atoms. The number of nitrogens with one attached hydrogen (secondary N) is 2. The van der Waals surface area contributed by atoms with Crippen LogP contribution in [0.2, 0.25) is 0 Å². The van der Waals surface area contributed by atoms with Gasteiger partial charge in [-0.3, -0.25) is 4.79 Å². The Balaban J connectivity index is 1.76. The zero-order valence-corrected chi connectivity index (χ0v) is 13.7. The molecule has 1 aliphatic heterocycles. The van der Waals surface area contributed by atoms with Crippen molar-refractivity contribution >= 4 is 11.6 Å². The van der Waals surface area contributed by atoms with E-state index in [4.69, 9.17) is 14.2 Å².